The fraction of sp³-hybridized carbons (Fsp3) is 0.368. The Hall–Kier alpha value is -3.36. The molecule has 1 N–H and O–H groups in total. The van der Waals surface area contributed by atoms with Crippen molar-refractivity contribution < 1.29 is 0 Å². The number of aromatic nitrogens is 4. The predicted octanol–water partition coefficient (Wildman–Crippen LogP) is 1.05. The summed E-state index contributed by atoms with van der Waals surface area (Å²) in [5, 5.41) is 9.75. The maximum atomic E-state index is 12.7. The minimum absolute atomic E-state index is 0.343. The first-order valence-electron chi connectivity index (χ1n) is 9.15. The number of hydrazone groups is 1. The lowest BCUT2D eigenvalue weighted by molar-refractivity contribution is 0.700. The first-order valence-corrected chi connectivity index (χ1v) is 9.15. The standard InChI is InChI=1S/C19H23N7O2/c1-12-5-7-14(8-6-12)20-9-10-26-18-21-16-15(25(18)11-13(2)22-26)17(27)24(4)19(28)23(16)3/h5-8,20H,9-11H2,1-4H3. The summed E-state index contributed by atoms with van der Waals surface area (Å²) < 4.78 is 4.35. The first-order chi connectivity index (χ1) is 13.4. The van der Waals surface area contributed by atoms with Crippen molar-refractivity contribution in [1.29, 1.82) is 0 Å². The third kappa shape index (κ3) is 2.88. The molecule has 0 saturated carbocycles. The molecule has 28 heavy (non-hydrogen) atoms. The van der Waals surface area contributed by atoms with Gasteiger partial charge in [-0.05, 0) is 26.0 Å². The summed E-state index contributed by atoms with van der Waals surface area (Å²) in [6, 6.07) is 8.19. The van der Waals surface area contributed by atoms with Gasteiger partial charge in [0.15, 0.2) is 11.2 Å². The van der Waals surface area contributed by atoms with E-state index in [2.05, 4.69) is 34.5 Å². The Morgan fingerprint density at radius 2 is 1.79 bits per heavy atom. The fourth-order valence-electron chi connectivity index (χ4n) is 3.42. The molecule has 0 unspecified atom stereocenters. The molecule has 4 rings (SSSR count). The lowest BCUT2D eigenvalue weighted by Crippen LogP contribution is -2.38. The van der Waals surface area contributed by atoms with Crippen LogP contribution in [0.5, 0.6) is 0 Å². The fourth-order valence-corrected chi connectivity index (χ4v) is 3.42. The van der Waals surface area contributed by atoms with Crippen molar-refractivity contribution in [3.05, 3.63) is 50.7 Å². The topological polar surface area (TPSA) is 89.5 Å². The molecule has 0 bridgehead atoms. The van der Waals surface area contributed by atoms with Crippen LogP contribution in [0.25, 0.3) is 11.2 Å². The minimum atomic E-state index is -0.391. The van der Waals surface area contributed by atoms with Crippen LogP contribution in [0.1, 0.15) is 12.5 Å². The van der Waals surface area contributed by atoms with Gasteiger partial charge in [-0.3, -0.25) is 18.5 Å². The molecule has 0 spiro atoms. The molecule has 1 aromatic carbocycles. The summed E-state index contributed by atoms with van der Waals surface area (Å²) >= 11 is 0. The van der Waals surface area contributed by atoms with E-state index >= 15 is 0 Å². The van der Waals surface area contributed by atoms with E-state index < -0.39 is 5.69 Å². The predicted molar refractivity (Wildman–Crippen MR) is 110 cm³/mol. The number of anilines is 2. The number of hydrogen-bond donors (Lipinski definition) is 1. The number of aryl methyl sites for hydroxylation is 2. The summed E-state index contributed by atoms with van der Waals surface area (Å²) in [5.41, 5.74) is 3.19. The van der Waals surface area contributed by atoms with E-state index in [1.54, 1.807) is 12.1 Å². The second kappa shape index (κ2) is 6.66. The molecule has 0 aliphatic carbocycles. The smallest absolute Gasteiger partial charge is 0.332 e. The van der Waals surface area contributed by atoms with Gasteiger partial charge < -0.3 is 5.32 Å². The van der Waals surface area contributed by atoms with Gasteiger partial charge in [-0.25, -0.2) is 9.80 Å². The lowest BCUT2D eigenvalue weighted by Gasteiger charge is -2.25. The molecule has 0 amide bonds. The molecule has 1 aliphatic heterocycles. The Kier molecular flexibility index (Phi) is 4.29. The van der Waals surface area contributed by atoms with Crippen LogP contribution < -0.4 is 21.6 Å². The normalized spacial score (nSPS) is 13.6. The third-order valence-electron chi connectivity index (χ3n) is 4.94. The number of fused-ring (bicyclic) bond motifs is 3. The van der Waals surface area contributed by atoms with Gasteiger partial charge in [-0.15, -0.1) is 0 Å². The molecule has 146 valence electrons. The van der Waals surface area contributed by atoms with Crippen LogP contribution >= 0.6 is 0 Å². The van der Waals surface area contributed by atoms with Crippen LogP contribution in [-0.4, -0.2) is 37.5 Å². The van der Waals surface area contributed by atoms with E-state index in [0.717, 1.165) is 16.0 Å². The van der Waals surface area contributed by atoms with Crippen LogP contribution in [0.4, 0.5) is 11.6 Å². The lowest BCUT2D eigenvalue weighted by atomic mass is 10.2. The van der Waals surface area contributed by atoms with E-state index in [1.165, 1.54) is 17.2 Å². The van der Waals surface area contributed by atoms with Crippen LogP contribution in [0, 0.1) is 6.92 Å². The summed E-state index contributed by atoms with van der Waals surface area (Å²) in [4.78, 5) is 29.5. The van der Waals surface area contributed by atoms with Gasteiger partial charge in [0.25, 0.3) is 5.56 Å². The molecule has 9 nitrogen and oxygen atoms in total. The molecule has 3 aromatic rings. The van der Waals surface area contributed by atoms with Crippen LogP contribution in [-0.2, 0) is 20.6 Å². The van der Waals surface area contributed by atoms with Gasteiger partial charge >= 0.3 is 5.69 Å². The highest BCUT2D eigenvalue weighted by molar-refractivity contribution is 5.87. The largest absolute Gasteiger partial charge is 0.383 e. The van der Waals surface area contributed by atoms with Crippen molar-refractivity contribution in [3.8, 4) is 0 Å². The average molecular weight is 381 g/mol. The molecule has 0 radical (unpaired) electrons. The second-order valence-electron chi connectivity index (χ2n) is 7.13. The summed E-state index contributed by atoms with van der Waals surface area (Å²) in [6.45, 7) is 5.67. The average Bonchev–Trinajstić information content (AvgIpc) is 3.06. The van der Waals surface area contributed by atoms with E-state index in [-0.39, 0.29) is 5.56 Å². The van der Waals surface area contributed by atoms with Crippen LogP contribution in [0.2, 0.25) is 0 Å². The minimum Gasteiger partial charge on any atom is -0.383 e. The van der Waals surface area contributed by atoms with Crippen molar-refractivity contribution in [2.45, 2.75) is 20.4 Å². The van der Waals surface area contributed by atoms with Crippen molar-refractivity contribution >= 4 is 28.5 Å². The van der Waals surface area contributed by atoms with Gasteiger partial charge in [0.1, 0.15) is 0 Å². The highest BCUT2D eigenvalue weighted by Crippen LogP contribution is 2.23. The summed E-state index contributed by atoms with van der Waals surface area (Å²) in [6.07, 6.45) is 0. The van der Waals surface area contributed by atoms with Crippen molar-refractivity contribution in [2.75, 3.05) is 23.4 Å². The van der Waals surface area contributed by atoms with E-state index in [1.807, 2.05) is 23.6 Å². The molecule has 2 aromatic heterocycles. The highest BCUT2D eigenvalue weighted by atomic mass is 16.2. The Labute approximate surface area is 161 Å². The monoisotopic (exact) mass is 381 g/mol. The Bertz CT molecular complexity index is 1200. The van der Waals surface area contributed by atoms with Crippen molar-refractivity contribution in [3.63, 3.8) is 0 Å². The van der Waals surface area contributed by atoms with Gasteiger partial charge in [0, 0.05) is 26.3 Å². The van der Waals surface area contributed by atoms with Crippen LogP contribution in [0.15, 0.2) is 39.0 Å². The SMILES string of the molecule is CC1=NN(CCNc2ccc(C)cc2)c2nc3c(c(=O)n(C)c(=O)n3C)n2C1. The number of imidazole rings is 1. The maximum absolute atomic E-state index is 12.7. The summed E-state index contributed by atoms with van der Waals surface area (Å²) in [7, 11) is 3.11. The van der Waals surface area contributed by atoms with Crippen molar-refractivity contribution in [1.82, 2.24) is 18.7 Å². The zero-order valence-corrected chi connectivity index (χ0v) is 16.4. The first kappa shape index (κ1) is 18.0. The molecule has 0 saturated heterocycles. The Balaban J connectivity index is 1.67. The van der Waals surface area contributed by atoms with E-state index in [4.69, 9.17) is 0 Å². The zero-order chi connectivity index (χ0) is 20.0. The molecule has 1 aliphatic rings. The molecule has 0 atom stereocenters. The number of rotatable bonds is 4. The number of hydrogen-bond acceptors (Lipinski definition) is 6. The highest BCUT2D eigenvalue weighted by Gasteiger charge is 2.25. The third-order valence-corrected chi connectivity index (χ3v) is 4.94. The number of nitrogens with one attached hydrogen (secondary N) is 1. The molecule has 3 heterocycles. The van der Waals surface area contributed by atoms with Crippen LogP contribution in [0.3, 0.4) is 0 Å². The molecular formula is C19H23N7O2. The van der Waals surface area contributed by atoms with Gasteiger partial charge in [0.05, 0.1) is 18.8 Å². The Morgan fingerprint density at radius 1 is 1.07 bits per heavy atom. The Morgan fingerprint density at radius 3 is 2.50 bits per heavy atom. The summed E-state index contributed by atoms with van der Waals surface area (Å²) in [5.74, 6) is 0.574. The number of nitrogens with zero attached hydrogens (tertiary/aromatic N) is 6. The van der Waals surface area contributed by atoms with Gasteiger partial charge in [0.2, 0.25) is 5.95 Å². The van der Waals surface area contributed by atoms with Crippen molar-refractivity contribution in [2.24, 2.45) is 19.2 Å². The van der Waals surface area contributed by atoms with E-state index in [0.29, 0.717) is 36.7 Å². The van der Waals surface area contributed by atoms with E-state index in [9.17, 15) is 9.59 Å². The zero-order valence-electron chi connectivity index (χ0n) is 16.4. The molecule has 9 heteroatoms. The van der Waals surface area contributed by atoms with Gasteiger partial charge in [-0.1, -0.05) is 17.7 Å². The molecule has 0 fully saturated rings. The molecular weight excluding hydrogens is 358 g/mol. The quantitative estimate of drug-likeness (QED) is 0.730. The maximum Gasteiger partial charge on any atom is 0.332 e. The second-order valence-corrected chi connectivity index (χ2v) is 7.13. The van der Waals surface area contributed by atoms with Gasteiger partial charge in [-0.2, -0.15) is 10.1 Å². The number of benzene rings is 1.